The molecule has 2 aromatic carbocycles. The van der Waals surface area contributed by atoms with E-state index >= 15 is 0 Å². The number of halogens is 2. The van der Waals surface area contributed by atoms with Crippen LogP contribution < -0.4 is 18.9 Å². The predicted molar refractivity (Wildman–Crippen MR) is 101 cm³/mol. The van der Waals surface area contributed by atoms with E-state index in [1.54, 1.807) is 38.3 Å². The number of nitrogens with one attached hydrogen (secondary N) is 1. The predicted octanol–water partition coefficient (Wildman–Crippen LogP) is 3.76. The molecule has 0 aliphatic rings. The standard InChI is InChI=1S/C17H19Cl2NO5S/c1-11(10-25-13-6-4-12(23-2)5-7-13)20-26(21,22)15-9-8-14(24-3)16(18)17(15)19/h4-9,11,20H,10H2,1-3H3/t11-/m0/s1. The second-order valence-corrected chi connectivity index (χ2v) is 7.84. The summed E-state index contributed by atoms with van der Waals surface area (Å²) in [6.45, 7) is 1.81. The second kappa shape index (κ2) is 8.81. The number of hydrogen-bond acceptors (Lipinski definition) is 5. The number of hydrogen-bond donors (Lipinski definition) is 1. The van der Waals surface area contributed by atoms with E-state index in [4.69, 9.17) is 37.4 Å². The fraction of sp³-hybridized carbons (Fsp3) is 0.294. The van der Waals surface area contributed by atoms with Gasteiger partial charge in [0.2, 0.25) is 10.0 Å². The molecule has 0 aliphatic heterocycles. The van der Waals surface area contributed by atoms with Crippen LogP contribution in [0, 0.1) is 0 Å². The molecule has 142 valence electrons. The van der Waals surface area contributed by atoms with Crippen molar-refractivity contribution in [2.75, 3.05) is 20.8 Å². The summed E-state index contributed by atoms with van der Waals surface area (Å²) >= 11 is 12.1. The molecule has 6 nitrogen and oxygen atoms in total. The van der Waals surface area contributed by atoms with Gasteiger partial charge in [-0.05, 0) is 43.3 Å². The Balaban J connectivity index is 2.05. The van der Waals surface area contributed by atoms with Crippen LogP contribution in [0.2, 0.25) is 10.0 Å². The summed E-state index contributed by atoms with van der Waals surface area (Å²) in [5, 5.41) is -0.0547. The molecule has 0 fully saturated rings. The van der Waals surface area contributed by atoms with Crippen LogP contribution >= 0.6 is 23.2 Å². The van der Waals surface area contributed by atoms with Crippen molar-refractivity contribution >= 4 is 33.2 Å². The smallest absolute Gasteiger partial charge is 0.242 e. The summed E-state index contributed by atoms with van der Waals surface area (Å²) in [5.74, 6) is 1.60. The zero-order valence-electron chi connectivity index (χ0n) is 14.5. The monoisotopic (exact) mass is 419 g/mol. The van der Waals surface area contributed by atoms with E-state index in [-0.39, 0.29) is 21.5 Å². The molecular formula is C17H19Cl2NO5S. The van der Waals surface area contributed by atoms with Crippen LogP contribution in [0.15, 0.2) is 41.3 Å². The summed E-state index contributed by atoms with van der Waals surface area (Å²) < 4.78 is 43.3. The van der Waals surface area contributed by atoms with Gasteiger partial charge in [0.25, 0.3) is 0 Å². The van der Waals surface area contributed by atoms with Crippen LogP contribution in [0.4, 0.5) is 0 Å². The summed E-state index contributed by atoms with van der Waals surface area (Å²) in [6, 6.07) is 9.26. The molecule has 26 heavy (non-hydrogen) atoms. The highest BCUT2D eigenvalue weighted by molar-refractivity contribution is 7.89. The molecule has 0 unspecified atom stereocenters. The fourth-order valence-electron chi connectivity index (χ4n) is 2.13. The van der Waals surface area contributed by atoms with Crippen molar-refractivity contribution in [1.82, 2.24) is 4.72 Å². The van der Waals surface area contributed by atoms with E-state index in [1.807, 2.05) is 0 Å². The lowest BCUT2D eigenvalue weighted by atomic mass is 10.3. The first-order valence-electron chi connectivity index (χ1n) is 7.59. The highest BCUT2D eigenvalue weighted by Crippen LogP contribution is 2.36. The molecule has 9 heteroatoms. The van der Waals surface area contributed by atoms with E-state index < -0.39 is 16.1 Å². The van der Waals surface area contributed by atoms with Gasteiger partial charge in [-0.2, -0.15) is 0 Å². The molecule has 0 aliphatic carbocycles. The Labute approximate surface area is 163 Å². The summed E-state index contributed by atoms with van der Waals surface area (Å²) in [7, 11) is -0.883. The normalized spacial score (nSPS) is 12.5. The van der Waals surface area contributed by atoms with Crippen LogP contribution in [0.25, 0.3) is 0 Å². The van der Waals surface area contributed by atoms with Crippen molar-refractivity contribution in [3.05, 3.63) is 46.4 Å². The van der Waals surface area contributed by atoms with Crippen LogP contribution in [0.5, 0.6) is 17.2 Å². The Kier molecular flexibility index (Phi) is 7.00. The van der Waals surface area contributed by atoms with Gasteiger partial charge in [-0.25, -0.2) is 13.1 Å². The molecule has 2 rings (SSSR count). The van der Waals surface area contributed by atoms with E-state index in [0.717, 1.165) is 0 Å². The number of benzene rings is 2. The van der Waals surface area contributed by atoms with Crippen molar-refractivity contribution in [3.8, 4) is 17.2 Å². The van der Waals surface area contributed by atoms with Gasteiger partial charge in [-0.1, -0.05) is 23.2 Å². The van der Waals surface area contributed by atoms with Gasteiger partial charge >= 0.3 is 0 Å². The number of methoxy groups -OCH3 is 2. The van der Waals surface area contributed by atoms with Gasteiger partial charge in [0.05, 0.1) is 25.3 Å². The first-order chi connectivity index (χ1) is 12.3. The Morgan fingerprint density at radius 1 is 0.962 bits per heavy atom. The Hall–Kier alpha value is -1.67. The third-order valence-electron chi connectivity index (χ3n) is 3.44. The van der Waals surface area contributed by atoms with Crippen molar-refractivity contribution < 1.29 is 22.6 Å². The number of sulfonamides is 1. The van der Waals surface area contributed by atoms with Crippen LogP contribution in [0.3, 0.4) is 0 Å². The van der Waals surface area contributed by atoms with Crippen LogP contribution in [-0.4, -0.2) is 35.3 Å². The number of ether oxygens (including phenoxy) is 3. The lowest BCUT2D eigenvalue weighted by Crippen LogP contribution is -2.36. The summed E-state index contributed by atoms with van der Waals surface area (Å²) in [5.41, 5.74) is 0. The molecule has 0 amide bonds. The van der Waals surface area contributed by atoms with Gasteiger partial charge in [0, 0.05) is 0 Å². The molecule has 1 N–H and O–H groups in total. The van der Waals surface area contributed by atoms with Crippen LogP contribution in [-0.2, 0) is 10.0 Å². The van der Waals surface area contributed by atoms with Crippen molar-refractivity contribution in [2.24, 2.45) is 0 Å². The quantitative estimate of drug-likeness (QED) is 0.704. The minimum Gasteiger partial charge on any atom is -0.497 e. The molecule has 0 spiro atoms. The zero-order valence-corrected chi connectivity index (χ0v) is 16.8. The summed E-state index contributed by atoms with van der Waals surface area (Å²) in [6.07, 6.45) is 0. The molecule has 0 radical (unpaired) electrons. The molecule has 0 heterocycles. The first kappa shape index (κ1) is 20.6. The third-order valence-corrected chi connectivity index (χ3v) is 6.05. The van der Waals surface area contributed by atoms with Crippen molar-refractivity contribution in [3.63, 3.8) is 0 Å². The topological polar surface area (TPSA) is 73.9 Å². The number of rotatable bonds is 8. The van der Waals surface area contributed by atoms with E-state index in [0.29, 0.717) is 17.2 Å². The minimum absolute atomic E-state index is 0.0409. The van der Waals surface area contributed by atoms with Gasteiger partial charge < -0.3 is 14.2 Å². The molecule has 0 saturated heterocycles. The molecular weight excluding hydrogens is 401 g/mol. The van der Waals surface area contributed by atoms with Gasteiger partial charge in [-0.3, -0.25) is 0 Å². The average molecular weight is 420 g/mol. The molecule has 0 saturated carbocycles. The highest BCUT2D eigenvalue weighted by atomic mass is 35.5. The maximum Gasteiger partial charge on any atom is 0.242 e. The van der Waals surface area contributed by atoms with Gasteiger partial charge in [-0.15, -0.1) is 0 Å². The van der Waals surface area contributed by atoms with Gasteiger partial charge in [0.1, 0.15) is 33.8 Å². The first-order valence-corrected chi connectivity index (χ1v) is 9.83. The Morgan fingerprint density at radius 3 is 2.15 bits per heavy atom. The van der Waals surface area contributed by atoms with Crippen molar-refractivity contribution in [2.45, 2.75) is 17.9 Å². The fourth-order valence-corrected chi connectivity index (χ4v) is 4.20. The molecule has 0 bridgehead atoms. The maximum atomic E-state index is 12.5. The second-order valence-electron chi connectivity index (χ2n) is 5.40. The lowest BCUT2D eigenvalue weighted by molar-refractivity contribution is 0.287. The van der Waals surface area contributed by atoms with E-state index in [2.05, 4.69) is 4.72 Å². The van der Waals surface area contributed by atoms with Crippen LogP contribution in [0.1, 0.15) is 6.92 Å². The lowest BCUT2D eigenvalue weighted by Gasteiger charge is -2.17. The molecule has 0 aromatic heterocycles. The molecule has 1 atom stereocenters. The Bertz CT molecular complexity index is 856. The largest absolute Gasteiger partial charge is 0.497 e. The van der Waals surface area contributed by atoms with E-state index in [1.165, 1.54) is 19.2 Å². The van der Waals surface area contributed by atoms with Gasteiger partial charge in [0.15, 0.2) is 0 Å². The van der Waals surface area contributed by atoms with Crippen molar-refractivity contribution in [1.29, 1.82) is 0 Å². The Morgan fingerprint density at radius 2 is 1.58 bits per heavy atom. The zero-order chi connectivity index (χ0) is 19.3. The third kappa shape index (κ3) is 4.94. The maximum absolute atomic E-state index is 12.5. The molecule has 2 aromatic rings. The summed E-state index contributed by atoms with van der Waals surface area (Å²) in [4.78, 5) is -0.124. The highest BCUT2D eigenvalue weighted by Gasteiger charge is 2.23. The SMILES string of the molecule is COc1ccc(OC[C@H](C)NS(=O)(=O)c2ccc(OC)c(Cl)c2Cl)cc1. The minimum atomic E-state index is -3.87. The average Bonchev–Trinajstić information content (AvgIpc) is 2.62. The van der Waals surface area contributed by atoms with E-state index in [9.17, 15) is 8.42 Å².